The molecule has 1 rings (SSSR count). The molecule has 6 nitrogen and oxygen atoms in total. The summed E-state index contributed by atoms with van der Waals surface area (Å²) in [6.07, 6.45) is 2.48. The largest absolute Gasteiger partial charge is 0.355 e. The second kappa shape index (κ2) is 7.01. The van der Waals surface area contributed by atoms with Gasteiger partial charge in [-0.2, -0.15) is 5.10 Å². The van der Waals surface area contributed by atoms with Crippen LogP contribution in [0.1, 0.15) is 33.0 Å². The van der Waals surface area contributed by atoms with E-state index in [1.807, 2.05) is 25.5 Å². The molecule has 1 aromatic heterocycles. The van der Waals surface area contributed by atoms with Gasteiger partial charge in [0.25, 0.3) is 0 Å². The molecule has 0 radical (unpaired) electrons. The van der Waals surface area contributed by atoms with Gasteiger partial charge in [-0.25, -0.2) is 9.67 Å². The summed E-state index contributed by atoms with van der Waals surface area (Å²) in [5.74, 6) is 0.872. The number of aryl methyl sites for hydroxylation is 1. The highest BCUT2D eigenvalue weighted by Crippen LogP contribution is 1.94. The van der Waals surface area contributed by atoms with E-state index >= 15 is 0 Å². The molecule has 96 valence electrons. The fourth-order valence-corrected chi connectivity index (χ4v) is 1.43. The first-order valence-electron chi connectivity index (χ1n) is 6.06. The third-order valence-corrected chi connectivity index (χ3v) is 2.50. The second-order valence-electron chi connectivity index (χ2n) is 3.89. The van der Waals surface area contributed by atoms with Crippen LogP contribution >= 0.6 is 0 Å². The molecule has 2 N–H and O–H groups in total. The summed E-state index contributed by atoms with van der Waals surface area (Å²) < 4.78 is 1.81. The molecule has 0 aromatic carbocycles. The van der Waals surface area contributed by atoms with Gasteiger partial charge < -0.3 is 5.32 Å². The summed E-state index contributed by atoms with van der Waals surface area (Å²) in [5, 5.41) is 10.1. The minimum atomic E-state index is -0.219. The Hall–Kier alpha value is -1.43. The maximum absolute atomic E-state index is 11.6. The highest BCUT2D eigenvalue weighted by molar-refractivity contribution is 5.81. The monoisotopic (exact) mass is 239 g/mol. The van der Waals surface area contributed by atoms with Gasteiger partial charge in [0.05, 0.1) is 12.6 Å². The van der Waals surface area contributed by atoms with Crippen molar-refractivity contribution in [2.75, 3.05) is 6.54 Å². The van der Waals surface area contributed by atoms with Gasteiger partial charge in [0.2, 0.25) is 5.91 Å². The van der Waals surface area contributed by atoms with Crippen LogP contribution in [0.3, 0.4) is 0 Å². The van der Waals surface area contributed by atoms with E-state index in [1.165, 1.54) is 6.33 Å². The molecular weight excluding hydrogens is 218 g/mol. The lowest BCUT2D eigenvalue weighted by Gasteiger charge is -2.13. The Morgan fingerprint density at radius 3 is 2.94 bits per heavy atom. The van der Waals surface area contributed by atoms with Crippen LogP contribution in [0.2, 0.25) is 0 Å². The van der Waals surface area contributed by atoms with Crippen molar-refractivity contribution in [1.82, 2.24) is 25.4 Å². The molecule has 17 heavy (non-hydrogen) atoms. The van der Waals surface area contributed by atoms with Crippen LogP contribution in [0.15, 0.2) is 6.33 Å². The Bertz CT molecular complexity index is 349. The molecule has 0 saturated carbocycles. The number of carbonyl (C=O) groups is 1. The number of hydrogen-bond donors (Lipinski definition) is 2. The Labute approximate surface area is 102 Å². The van der Waals surface area contributed by atoms with E-state index in [0.29, 0.717) is 6.54 Å². The van der Waals surface area contributed by atoms with Gasteiger partial charge in [-0.1, -0.05) is 6.92 Å². The van der Waals surface area contributed by atoms with E-state index in [0.717, 1.165) is 25.3 Å². The Morgan fingerprint density at radius 1 is 1.53 bits per heavy atom. The third kappa shape index (κ3) is 4.14. The fraction of sp³-hybridized carbons (Fsp3) is 0.727. The van der Waals surface area contributed by atoms with Gasteiger partial charge in [-0.3, -0.25) is 10.1 Å². The zero-order chi connectivity index (χ0) is 12.7. The van der Waals surface area contributed by atoms with Crippen LogP contribution < -0.4 is 10.6 Å². The molecule has 0 fully saturated rings. The molecule has 0 spiro atoms. The number of aromatic nitrogens is 3. The van der Waals surface area contributed by atoms with Gasteiger partial charge in [-0.15, -0.1) is 0 Å². The normalized spacial score (nSPS) is 12.4. The van der Waals surface area contributed by atoms with Gasteiger partial charge in [0.15, 0.2) is 0 Å². The molecule has 1 atom stereocenters. The standard InChI is InChI=1S/C11H21N5O/c1-4-6-12-11(17)9(3)13-7-10-14-8-15-16(10)5-2/h8-9,13H,4-7H2,1-3H3,(H,12,17). The predicted molar refractivity (Wildman–Crippen MR) is 65.3 cm³/mol. The van der Waals surface area contributed by atoms with Gasteiger partial charge >= 0.3 is 0 Å². The first-order chi connectivity index (χ1) is 8.19. The average molecular weight is 239 g/mol. The van der Waals surface area contributed by atoms with E-state index in [-0.39, 0.29) is 11.9 Å². The lowest BCUT2D eigenvalue weighted by Crippen LogP contribution is -2.42. The SMILES string of the molecule is CCCNC(=O)C(C)NCc1ncnn1CC. The summed E-state index contributed by atoms with van der Waals surface area (Å²) >= 11 is 0. The maximum Gasteiger partial charge on any atom is 0.236 e. The van der Waals surface area contributed by atoms with Crippen LogP contribution in [0, 0.1) is 0 Å². The average Bonchev–Trinajstić information content (AvgIpc) is 2.80. The number of hydrogen-bond acceptors (Lipinski definition) is 4. The van der Waals surface area contributed by atoms with Crippen molar-refractivity contribution in [2.24, 2.45) is 0 Å². The first-order valence-corrected chi connectivity index (χ1v) is 6.06. The van der Waals surface area contributed by atoms with Crippen LogP contribution in [0.4, 0.5) is 0 Å². The molecule has 0 aliphatic carbocycles. The van der Waals surface area contributed by atoms with E-state index in [9.17, 15) is 4.79 Å². The van der Waals surface area contributed by atoms with E-state index in [2.05, 4.69) is 20.7 Å². The van der Waals surface area contributed by atoms with Crippen molar-refractivity contribution < 1.29 is 4.79 Å². The maximum atomic E-state index is 11.6. The van der Waals surface area contributed by atoms with Crippen molar-refractivity contribution >= 4 is 5.91 Å². The summed E-state index contributed by atoms with van der Waals surface area (Å²) in [7, 11) is 0. The molecule has 0 aliphatic heterocycles. The summed E-state index contributed by atoms with van der Waals surface area (Å²) in [4.78, 5) is 15.7. The van der Waals surface area contributed by atoms with Crippen molar-refractivity contribution in [3.8, 4) is 0 Å². The minimum absolute atomic E-state index is 0.0226. The van der Waals surface area contributed by atoms with Gasteiger partial charge in [-0.05, 0) is 20.3 Å². The first kappa shape index (κ1) is 13.6. The van der Waals surface area contributed by atoms with Gasteiger partial charge in [0, 0.05) is 13.1 Å². The highest BCUT2D eigenvalue weighted by Gasteiger charge is 2.12. The number of nitrogens with one attached hydrogen (secondary N) is 2. The van der Waals surface area contributed by atoms with E-state index < -0.39 is 0 Å². The zero-order valence-electron chi connectivity index (χ0n) is 10.7. The summed E-state index contributed by atoms with van der Waals surface area (Å²) in [5.41, 5.74) is 0. The molecule has 1 aromatic rings. The molecule has 0 aliphatic rings. The minimum Gasteiger partial charge on any atom is -0.355 e. The highest BCUT2D eigenvalue weighted by atomic mass is 16.2. The molecule has 1 heterocycles. The number of amides is 1. The lowest BCUT2D eigenvalue weighted by atomic mass is 10.3. The van der Waals surface area contributed by atoms with Crippen LogP contribution in [0.5, 0.6) is 0 Å². The number of nitrogens with zero attached hydrogens (tertiary/aromatic N) is 3. The predicted octanol–water partition coefficient (Wildman–Crippen LogP) is 0.302. The Morgan fingerprint density at radius 2 is 2.29 bits per heavy atom. The molecule has 1 amide bonds. The Kier molecular flexibility index (Phi) is 5.62. The smallest absolute Gasteiger partial charge is 0.236 e. The molecule has 1 unspecified atom stereocenters. The lowest BCUT2D eigenvalue weighted by molar-refractivity contribution is -0.122. The molecule has 0 saturated heterocycles. The molecular formula is C11H21N5O. The molecule has 6 heteroatoms. The van der Waals surface area contributed by atoms with Crippen LogP contribution in [-0.4, -0.2) is 33.3 Å². The quantitative estimate of drug-likeness (QED) is 0.718. The van der Waals surface area contributed by atoms with Crippen molar-refractivity contribution in [2.45, 2.75) is 46.3 Å². The van der Waals surface area contributed by atoms with Crippen molar-refractivity contribution in [3.05, 3.63) is 12.2 Å². The van der Waals surface area contributed by atoms with Crippen molar-refractivity contribution in [3.63, 3.8) is 0 Å². The Balaban J connectivity index is 2.37. The van der Waals surface area contributed by atoms with Crippen LogP contribution in [-0.2, 0) is 17.9 Å². The second-order valence-corrected chi connectivity index (χ2v) is 3.89. The number of carbonyl (C=O) groups excluding carboxylic acids is 1. The fourth-order valence-electron chi connectivity index (χ4n) is 1.43. The topological polar surface area (TPSA) is 71.8 Å². The molecule has 0 bridgehead atoms. The van der Waals surface area contributed by atoms with E-state index in [1.54, 1.807) is 0 Å². The summed E-state index contributed by atoms with van der Waals surface area (Å²) in [6, 6.07) is -0.219. The summed E-state index contributed by atoms with van der Waals surface area (Å²) in [6.45, 7) is 7.94. The third-order valence-electron chi connectivity index (χ3n) is 2.50. The van der Waals surface area contributed by atoms with E-state index in [4.69, 9.17) is 0 Å². The van der Waals surface area contributed by atoms with Crippen molar-refractivity contribution in [1.29, 1.82) is 0 Å². The zero-order valence-corrected chi connectivity index (χ0v) is 10.7. The number of rotatable bonds is 7. The van der Waals surface area contributed by atoms with Gasteiger partial charge in [0.1, 0.15) is 12.2 Å². The van der Waals surface area contributed by atoms with Crippen LogP contribution in [0.25, 0.3) is 0 Å².